The maximum absolute atomic E-state index is 14.7. The Morgan fingerprint density at radius 2 is 2.03 bits per heavy atom. The van der Waals surface area contributed by atoms with Crippen molar-refractivity contribution >= 4 is 39.2 Å². The first-order chi connectivity index (χ1) is 15.3. The number of hydrogen-bond acceptors (Lipinski definition) is 7. The van der Waals surface area contributed by atoms with E-state index in [9.17, 15) is 13.4 Å². The zero-order valence-corrected chi connectivity index (χ0v) is 18.9. The highest BCUT2D eigenvalue weighted by molar-refractivity contribution is 7.87. The van der Waals surface area contributed by atoms with E-state index in [-0.39, 0.29) is 11.1 Å². The van der Waals surface area contributed by atoms with E-state index in [2.05, 4.69) is 25.0 Å². The molecule has 1 aliphatic carbocycles. The summed E-state index contributed by atoms with van der Waals surface area (Å²) in [5.41, 5.74) is 0.727. The van der Waals surface area contributed by atoms with E-state index in [0.717, 1.165) is 12.8 Å². The first-order valence-electron chi connectivity index (χ1n) is 9.73. The van der Waals surface area contributed by atoms with Gasteiger partial charge in [-0.05, 0) is 38.8 Å². The lowest BCUT2D eigenvalue weighted by molar-refractivity contribution is -0.120. The van der Waals surface area contributed by atoms with Crippen LogP contribution in [0.15, 0.2) is 36.1 Å². The van der Waals surface area contributed by atoms with Crippen molar-refractivity contribution in [1.29, 1.82) is 5.26 Å². The Morgan fingerprint density at radius 1 is 1.28 bits per heavy atom. The molecular formula is C21H19FN6O2S2. The van der Waals surface area contributed by atoms with Crippen LogP contribution in [0.25, 0.3) is 11.1 Å². The summed E-state index contributed by atoms with van der Waals surface area (Å²) in [4.78, 5) is 25.3. The number of thiazole rings is 1. The molecule has 2 N–H and O–H groups in total. The third-order valence-electron chi connectivity index (χ3n) is 5.00. The number of amides is 1. The second-order valence-corrected chi connectivity index (χ2v) is 10.2. The van der Waals surface area contributed by atoms with E-state index in [1.165, 1.54) is 36.0 Å². The number of nitrogens with one attached hydrogen (secondary N) is 2. The number of pyridine rings is 2. The molecule has 11 heteroatoms. The molecule has 4 rings (SSSR count). The molecule has 1 atom stereocenters. The zero-order chi connectivity index (χ0) is 22.9. The molecule has 3 aromatic rings. The zero-order valence-electron chi connectivity index (χ0n) is 17.3. The SMILES string of the molecule is CC(C)(C(=O)Nc1ncc(-c2cncc(C#N)c2)cc1F)c1csc(NS(=O)C2CC2)n1. The average molecular weight is 471 g/mol. The first kappa shape index (κ1) is 22.0. The van der Waals surface area contributed by atoms with Crippen molar-refractivity contribution in [3.8, 4) is 17.2 Å². The molecule has 0 bridgehead atoms. The first-order valence-corrected chi connectivity index (χ1v) is 11.8. The number of halogens is 1. The molecule has 32 heavy (non-hydrogen) atoms. The number of nitrogens with zero attached hydrogens (tertiary/aromatic N) is 4. The second-order valence-electron chi connectivity index (χ2n) is 7.84. The van der Waals surface area contributed by atoms with E-state index < -0.39 is 28.1 Å². The van der Waals surface area contributed by atoms with Crippen molar-refractivity contribution in [2.24, 2.45) is 0 Å². The summed E-state index contributed by atoms with van der Waals surface area (Å²) in [6, 6.07) is 4.79. The maximum Gasteiger partial charge on any atom is 0.237 e. The minimum absolute atomic E-state index is 0.161. The van der Waals surface area contributed by atoms with Crippen LogP contribution in [0.5, 0.6) is 0 Å². The van der Waals surface area contributed by atoms with Gasteiger partial charge in [0.15, 0.2) is 16.8 Å². The van der Waals surface area contributed by atoms with Gasteiger partial charge in [-0.15, -0.1) is 11.3 Å². The molecule has 1 aliphatic rings. The lowest BCUT2D eigenvalue weighted by Crippen LogP contribution is -2.35. The van der Waals surface area contributed by atoms with Crippen molar-refractivity contribution in [3.05, 3.63) is 53.2 Å². The molecule has 0 aromatic carbocycles. The van der Waals surface area contributed by atoms with Crippen molar-refractivity contribution in [2.75, 3.05) is 10.0 Å². The molecule has 0 aliphatic heterocycles. The van der Waals surface area contributed by atoms with Gasteiger partial charge >= 0.3 is 0 Å². The average Bonchev–Trinajstić information content (AvgIpc) is 3.53. The Kier molecular flexibility index (Phi) is 5.99. The highest BCUT2D eigenvalue weighted by Crippen LogP contribution is 2.32. The van der Waals surface area contributed by atoms with Crippen LogP contribution >= 0.6 is 11.3 Å². The number of carbonyl (C=O) groups excluding carboxylic acids is 1. The number of aromatic nitrogens is 3. The normalized spacial score (nSPS) is 14.4. The minimum Gasteiger partial charge on any atom is -0.307 e. The van der Waals surface area contributed by atoms with Gasteiger partial charge in [0.25, 0.3) is 0 Å². The Hall–Kier alpha value is -3.23. The molecule has 8 nitrogen and oxygen atoms in total. The summed E-state index contributed by atoms with van der Waals surface area (Å²) >= 11 is 1.27. The van der Waals surface area contributed by atoms with E-state index in [0.29, 0.717) is 27.5 Å². The smallest absolute Gasteiger partial charge is 0.237 e. The summed E-state index contributed by atoms with van der Waals surface area (Å²) < 4.78 is 29.6. The Morgan fingerprint density at radius 3 is 2.72 bits per heavy atom. The molecule has 1 saturated carbocycles. The van der Waals surface area contributed by atoms with Gasteiger partial charge in [-0.3, -0.25) is 14.5 Å². The fourth-order valence-corrected chi connectivity index (χ4v) is 4.90. The standard InChI is InChI=1S/C21H19FN6O2S2/c1-21(2,17-11-31-20(26-17)28-32(30)15-3-4-15)19(29)27-18-16(22)6-14(10-25-18)13-5-12(7-23)8-24-9-13/h5-6,8-11,15H,3-4H2,1-2H3,(H,26,28)(H,25,27,29). The monoisotopic (exact) mass is 470 g/mol. The van der Waals surface area contributed by atoms with Gasteiger partial charge in [-0.25, -0.2) is 18.6 Å². The number of rotatable bonds is 7. The Bertz CT molecular complexity index is 1250. The number of hydrogen-bond donors (Lipinski definition) is 2. The van der Waals surface area contributed by atoms with Crippen LogP contribution in [0.1, 0.15) is 37.9 Å². The summed E-state index contributed by atoms with van der Waals surface area (Å²) in [7, 11) is -1.18. The van der Waals surface area contributed by atoms with Crippen LogP contribution in [-0.2, 0) is 21.2 Å². The molecule has 3 aromatic heterocycles. The van der Waals surface area contributed by atoms with Gasteiger partial charge in [-0.1, -0.05) is 0 Å². The summed E-state index contributed by atoms with van der Waals surface area (Å²) in [6.45, 7) is 3.34. The second kappa shape index (κ2) is 8.72. The lowest BCUT2D eigenvalue weighted by Gasteiger charge is -2.21. The van der Waals surface area contributed by atoms with E-state index in [1.807, 2.05) is 6.07 Å². The van der Waals surface area contributed by atoms with Crippen molar-refractivity contribution in [3.63, 3.8) is 0 Å². The highest BCUT2D eigenvalue weighted by atomic mass is 32.2. The molecule has 3 heterocycles. The largest absolute Gasteiger partial charge is 0.307 e. The molecule has 1 unspecified atom stereocenters. The Balaban J connectivity index is 1.48. The molecule has 164 valence electrons. The quantitative estimate of drug-likeness (QED) is 0.542. The minimum atomic E-state index is -1.18. The van der Waals surface area contributed by atoms with Gasteiger partial charge in [0.05, 0.1) is 21.9 Å². The van der Waals surface area contributed by atoms with Crippen molar-refractivity contribution in [2.45, 2.75) is 37.4 Å². The molecule has 0 saturated heterocycles. The van der Waals surface area contributed by atoms with Gasteiger partial charge in [0.2, 0.25) is 5.91 Å². The number of anilines is 2. The number of nitriles is 1. The summed E-state index contributed by atoms with van der Waals surface area (Å²) in [6.07, 6.45) is 6.18. The molecule has 1 amide bonds. The van der Waals surface area contributed by atoms with E-state index >= 15 is 0 Å². The Labute approximate surface area is 190 Å². The summed E-state index contributed by atoms with van der Waals surface area (Å²) in [5.74, 6) is -1.40. The van der Waals surface area contributed by atoms with E-state index in [1.54, 1.807) is 25.3 Å². The van der Waals surface area contributed by atoms with Crippen LogP contribution in [0, 0.1) is 17.1 Å². The molecule has 0 radical (unpaired) electrons. The van der Waals surface area contributed by atoms with Crippen molar-refractivity contribution in [1.82, 2.24) is 15.0 Å². The third-order valence-corrected chi connectivity index (χ3v) is 7.36. The predicted molar refractivity (Wildman–Crippen MR) is 121 cm³/mol. The van der Waals surface area contributed by atoms with Gasteiger partial charge in [0, 0.05) is 35.1 Å². The van der Waals surface area contributed by atoms with Crippen molar-refractivity contribution < 1.29 is 13.4 Å². The lowest BCUT2D eigenvalue weighted by atomic mass is 9.89. The number of carbonyl (C=O) groups is 1. The molecular weight excluding hydrogens is 451 g/mol. The third kappa shape index (κ3) is 4.66. The highest BCUT2D eigenvalue weighted by Gasteiger charge is 2.34. The van der Waals surface area contributed by atoms with Crippen LogP contribution in [0.3, 0.4) is 0 Å². The fraction of sp³-hybridized carbons (Fsp3) is 0.286. The topological polar surface area (TPSA) is 121 Å². The van der Waals surface area contributed by atoms with Crippen LogP contribution < -0.4 is 10.0 Å². The van der Waals surface area contributed by atoms with Crippen LogP contribution in [0.4, 0.5) is 15.3 Å². The van der Waals surface area contributed by atoms with Crippen LogP contribution in [-0.4, -0.2) is 30.3 Å². The summed E-state index contributed by atoms with van der Waals surface area (Å²) in [5, 5.41) is 13.9. The molecule has 1 fully saturated rings. The molecule has 0 spiro atoms. The van der Waals surface area contributed by atoms with Gasteiger partial charge < -0.3 is 5.32 Å². The van der Waals surface area contributed by atoms with Crippen LogP contribution in [0.2, 0.25) is 0 Å². The maximum atomic E-state index is 14.7. The van der Waals surface area contributed by atoms with Gasteiger partial charge in [-0.2, -0.15) is 5.26 Å². The van der Waals surface area contributed by atoms with E-state index in [4.69, 9.17) is 5.26 Å². The fourth-order valence-electron chi connectivity index (χ4n) is 2.79. The van der Waals surface area contributed by atoms with Gasteiger partial charge in [0.1, 0.15) is 17.1 Å². The predicted octanol–water partition coefficient (Wildman–Crippen LogP) is 3.77.